The second kappa shape index (κ2) is 6.15. The molecule has 0 saturated carbocycles. The molecule has 1 aliphatic rings. The molecule has 1 nitrogen and oxygen atoms in total. The molecule has 1 aromatic heterocycles. The van der Waals surface area contributed by atoms with E-state index in [1.54, 1.807) is 11.3 Å². The number of hydrogen-bond donors (Lipinski definition) is 1. The van der Waals surface area contributed by atoms with Gasteiger partial charge in [-0.3, -0.25) is 0 Å². The van der Waals surface area contributed by atoms with Crippen molar-refractivity contribution in [1.29, 1.82) is 0 Å². The average molecular weight is 372 g/mol. The lowest BCUT2D eigenvalue weighted by molar-refractivity contribution is 0.447. The van der Waals surface area contributed by atoms with Gasteiger partial charge in [0, 0.05) is 22.4 Å². The Balaban J connectivity index is 1.86. The van der Waals surface area contributed by atoms with Crippen LogP contribution < -0.4 is 5.73 Å². The molecule has 2 N–H and O–H groups in total. The smallest absolute Gasteiger partial charge is 0.143 e. The van der Waals surface area contributed by atoms with E-state index in [-0.39, 0.29) is 28.4 Å². The highest BCUT2D eigenvalue weighted by Gasteiger charge is 2.28. The lowest BCUT2D eigenvalue weighted by Gasteiger charge is -2.28. The van der Waals surface area contributed by atoms with Gasteiger partial charge in [0.05, 0.1) is 4.47 Å². The third-order valence-corrected chi connectivity index (χ3v) is 5.80. The summed E-state index contributed by atoms with van der Waals surface area (Å²) in [6.45, 7) is 0. The topological polar surface area (TPSA) is 26.0 Å². The summed E-state index contributed by atoms with van der Waals surface area (Å²) in [5.41, 5.74) is 7.65. The Morgan fingerprint density at radius 2 is 2.14 bits per heavy atom. The van der Waals surface area contributed by atoms with Crippen LogP contribution in [-0.4, -0.2) is 6.04 Å². The van der Waals surface area contributed by atoms with Gasteiger partial charge in [-0.15, -0.1) is 11.3 Å². The Hall–Kier alpha value is -0.780. The fourth-order valence-corrected chi connectivity index (χ4v) is 4.47. The van der Waals surface area contributed by atoms with Gasteiger partial charge in [0.15, 0.2) is 0 Å². The van der Waals surface area contributed by atoms with Gasteiger partial charge in [0.25, 0.3) is 0 Å². The lowest BCUT2D eigenvalue weighted by atomic mass is 9.80. The highest BCUT2D eigenvalue weighted by atomic mass is 79.9. The van der Waals surface area contributed by atoms with Gasteiger partial charge in [-0.05, 0) is 70.8 Å². The van der Waals surface area contributed by atoms with Crippen molar-refractivity contribution in [3.8, 4) is 0 Å². The van der Waals surface area contributed by atoms with Crippen LogP contribution in [0.5, 0.6) is 0 Å². The molecule has 0 spiro atoms. The first-order valence-electron chi connectivity index (χ1n) is 7.02. The van der Waals surface area contributed by atoms with Crippen LogP contribution in [0.15, 0.2) is 28.1 Å². The molecule has 1 aromatic carbocycles. The maximum absolute atomic E-state index is 14.1. The van der Waals surface area contributed by atoms with E-state index in [1.165, 1.54) is 22.6 Å². The summed E-state index contributed by atoms with van der Waals surface area (Å²) >= 11 is 4.86. The number of rotatable bonds is 3. The Morgan fingerprint density at radius 1 is 1.33 bits per heavy atom. The van der Waals surface area contributed by atoms with Crippen molar-refractivity contribution in [3.63, 3.8) is 0 Å². The highest BCUT2D eigenvalue weighted by Crippen LogP contribution is 2.37. The molecule has 2 aromatic rings. The summed E-state index contributed by atoms with van der Waals surface area (Å²) in [6.07, 6.45) is 3.39. The number of halogens is 3. The number of aryl methyl sites for hydroxylation is 1. The van der Waals surface area contributed by atoms with E-state index in [2.05, 4.69) is 27.4 Å². The summed E-state index contributed by atoms with van der Waals surface area (Å²) in [7, 11) is 0. The van der Waals surface area contributed by atoms with Crippen LogP contribution in [0.3, 0.4) is 0 Å². The summed E-state index contributed by atoms with van der Waals surface area (Å²) in [4.78, 5) is 1.37. The number of thiophene rings is 1. The Labute approximate surface area is 135 Å². The zero-order chi connectivity index (χ0) is 15.0. The fourth-order valence-electron chi connectivity index (χ4n) is 3.10. The van der Waals surface area contributed by atoms with Crippen molar-refractivity contribution in [1.82, 2.24) is 0 Å². The molecule has 1 heterocycles. The summed E-state index contributed by atoms with van der Waals surface area (Å²) < 4.78 is 28.2. The minimum atomic E-state index is -0.535. The number of benzene rings is 1. The standard InChI is InChI=1S/C16H16BrF2NS/c17-12-4-5-13(18)11(16(12)19)8-14(20)9-2-1-3-15-10(9)6-7-21-15/h4-7,9,14H,1-3,8,20H2. The molecule has 2 unspecified atom stereocenters. The number of fused-ring (bicyclic) bond motifs is 1. The van der Waals surface area contributed by atoms with Crippen LogP contribution in [0.25, 0.3) is 0 Å². The molecular weight excluding hydrogens is 356 g/mol. The minimum absolute atomic E-state index is 0.0826. The van der Waals surface area contributed by atoms with Gasteiger partial charge in [-0.1, -0.05) is 0 Å². The van der Waals surface area contributed by atoms with E-state index in [0.29, 0.717) is 0 Å². The molecule has 1 aliphatic carbocycles. The first-order valence-corrected chi connectivity index (χ1v) is 8.69. The van der Waals surface area contributed by atoms with Crippen molar-refractivity contribution in [3.05, 3.63) is 55.7 Å². The van der Waals surface area contributed by atoms with Crippen LogP contribution in [-0.2, 0) is 12.8 Å². The molecule has 0 fully saturated rings. The highest BCUT2D eigenvalue weighted by molar-refractivity contribution is 9.10. The lowest BCUT2D eigenvalue weighted by Crippen LogP contribution is -2.33. The van der Waals surface area contributed by atoms with Gasteiger partial charge in [0.1, 0.15) is 11.6 Å². The van der Waals surface area contributed by atoms with Crippen molar-refractivity contribution >= 4 is 27.3 Å². The average Bonchev–Trinajstić information content (AvgIpc) is 2.95. The third-order valence-electron chi connectivity index (χ3n) is 4.19. The first-order chi connectivity index (χ1) is 10.1. The predicted octanol–water partition coefficient (Wildman–Crippen LogP) is 4.78. The van der Waals surface area contributed by atoms with Crippen LogP contribution in [0.2, 0.25) is 0 Å². The molecule has 0 radical (unpaired) electrons. The molecule has 0 bridgehead atoms. The van der Waals surface area contributed by atoms with Gasteiger partial charge in [-0.2, -0.15) is 0 Å². The normalized spacial score (nSPS) is 19.3. The molecule has 112 valence electrons. The first kappa shape index (κ1) is 15.1. The molecule has 2 atom stereocenters. The van der Waals surface area contributed by atoms with E-state index >= 15 is 0 Å². The SMILES string of the molecule is NC(Cc1c(F)ccc(Br)c1F)C1CCCc2sccc21. The molecule has 5 heteroatoms. The van der Waals surface area contributed by atoms with Crippen molar-refractivity contribution in [2.45, 2.75) is 37.6 Å². The Morgan fingerprint density at radius 3 is 2.95 bits per heavy atom. The van der Waals surface area contributed by atoms with Gasteiger partial charge in [-0.25, -0.2) is 8.78 Å². The van der Waals surface area contributed by atoms with Crippen molar-refractivity contribution < 1.29 is 8.78 Å². The summed E-state index contributed by atoms with van der Waals surface area (Å²) in [5, 5.41) is 2.08. The second-order valence-corrected chi connectivity index (χ2v) is 7.34. The number of nitrogens with two attached hydrogens (primary N) is 1. The zero-order valence-electron chi connectivity index (χ0n) is 11.4. The van der Waals surface area contributed by atoms with Gasteiger partial charge >= 0.3 is 0 Å². The zero-order valence-corrected chi connectivity index (χ0v) is 13.8. The van der Waals surface area contributed by atoms with Crippen molar-refractivity contribution in [2.24, 2.45) is 5.73 Å². The van der Waals surface area contributed by atoms with Crippen LogP contribution >= 0.6 is 27.3 Å². The maximum Gasteiger partial charge on any atom is 0.143 e. The number of hydrogen-bond acceptors (Lipinski definition) is 2. The summed E-state index contributed by atoms with van der Waals surface area (Å²) in [5.74, 6) is -0.864. The van der Waals surface area contributed by atoms with Gasteiger partial charge < -0.3 is 5.73 Å². The van der Waals surface area contributed by atoms with E-state index in [4.69, 9.17) is 5.73 Å². The summed E-state index contributed by atoms with van der Waals surface area (Å²) in [6, 6.07) is 4.51. The third kappa shape index (κ3) is 2.91. The minimum Gasteiger partial charge on any atom is -0.327 e. The Bertz CT molecular complexity index is 656. The van der Waals surface area contributed by atoms with E-state index in [9.17, 15) is 8.78 Å². The van der Waals surface area contributed by atoms with Crippen LogP contribution in [0, 0.1) is 11.6 Å². The van der Waals surface area contributed by atoms with Gasteiger partial charge in [0.2, 0.25) is 0 Å². The maximum atomic E-state index is 14.1. The van der Waals surface area contributed by atoms with E-state index in [1.807, 2.05) is 0 Å². The molecule has 0 amide bonds. The Kier molecular flexibility index (Phi) is 4.43. The van der Waals surface area contributed by atoms with Crippen molar-refractivity contribution in [2.75, 3.05) is 0 Å². The van der Waals surface area contributed by atoms with E-state index < -0.39 is 11.6 Å². The second-order valence-electron chi connectivity index (χ2n) is 5.49. The monoisotopic (exact) mass is 371 g/mol. The quantitative estimate of drug-likeness (QED) is 0.772. The molecule has 3 rings (SSSR count). The molecule has 0 aliphatic heterocycles. The fraction of sp³-hybridized carbons (Fsp3) is 0.375. The molecule has 21 heavy (non-hydrogen) atoms. The van der Waals surface area contributed by atoms with E-state index in [0.717, 1.165) is 19.3 Å². The van der Waals surface area contributed by atoms with Crippen LogP contribution in [0.1, 0.15) is 34.8 Å². The molecule has 0 saturated heterocycles. The molecular formula is C16H16BrF2NS. The van der Waals surface area contributed by atoms with Crippen LogP contribution in [0.4, 0.5) is 8.78 Å². The largest absolute Gasteiger partial charge is 0.327 e. The predicted molar refractivity (Wildman–Crippen MR) is 85.7 cm³/mol.